The summed E-state index contributed by atoms with van der Waals surface area (Å²) in [6.45, 7) is 2.43. The number of carbonyl (C=O) groups excluding carboxylic acids is 1. The molecule has 1 aliphatic heterocycles. The molecule has 0 spiro atoms. The molecule has 1 amide bonds. The van der Waals surface area contributed by atoms with Crippen molar-refractivity contribution in [2.24, 2.45) is 0 Å². The summed E-state index contributed by atoms with van der Waals surface area (Å²) in [5, 5.41) is 0. The molecule has 6 nitrogen and oxygen atoms in total. The lowest BCUT2D eigenvalue weighted by Gasteiger charge is -2.32. The molecule has 0 bridgehead atoms. The highest BCUT2D eigenvalue weighted by atomic mass is 16.3. The van der Waals surface area contributed by atoms with Gasteiger partial charge in [0, 0.05) is 18.2 Å². The molecular formula is C25H25N3O3. The van der Waals surface area contributed by atoms with Crippen molar-refractivity contribution in [1.82, 2.24) is 9.88 Å². The van der Waals surface area contributed by atoms with Gasteiger partial charge in [-0.25, -0.2) is 4.98 Å². The summed E-state index contributed by atoms with van der Waals surface area (Å²) in [7, 11) is 0. The Morgan fingerprint density at radius 3 is 2.71 bits per heavy atom. The van der Waals surface area contributed by atoms with E-state index in [1.807, 2.05) is 66.7 Å². The van der Waals surface area contributed by atoms with Gasteiger partial charge in [-0.15, -0.1) is 0 Å². The minimum Gasteiger partial charge on any atom is -0.467 e. The number of piperidine rings is 1. The van der Waals surface area contributed by atoms with Crippen LogP contribution in [0.25, 0.3) is 11.1 Å². The molecule has 0 radical (unpaired) electrons. The topological polar surface area (TPSA) is 62.7 Å². The van der Waals surface area contributed by atoms with Gasteiger partial charge >= 0.3 is 0 Å². The van der Waals surface area contributed by atoms with Crippen molar-refractivity contribution in [3.05, 3.63) is 84.6 Å². The van der Waals surface area contributed by atoms with E-state index in [2.05, 4.69) is 9.88 Å². The van der Waals surface area contributed by atoms with Crippen molar-refractivity contribution in [2.45, 2.75) is 25.3 Å². The summed E-state index contributed by atoms with van der Waals surface area (Å²) >= 11 is 0. The molecule has 1 aliphatic rings. The number of benzene rings is 2. The van der Waals surface area contributed by atoms with Crippen LogP contribution in [0.5, 0.6) is 0 Å². The Kier molecular flexibility index (Phi) is 5.54. The van der Waals surface area contributed by atoms with Crippen LogP contribution in [0.1, 0.15) is 30.4 Å². The number of nitrogens with zero attached hydrogens (tertiary/aromatic N) is 3. The standard InChI is InChI=1S/C25H25N3O3/c29-24(28(17-21-11-7-15-30-21)20-9-2-1-3-10-20)18-27-14-6-8-19(16-27)25-26-22-12-4-5-13-23(22)31-25/h1-5,7,9-13,15,19H,6,8,14,16-18H2. The molecule has 4 aromatic rings. The molecule has 1 fully saturated rings. The summed E-state index contributed by atoms with van der Waals surface area (Å²) < 4.78 is 11.5. The summed E-state index contributed by atoms with van der Waals surface area (Å²) in [5.74, 6) is 1.79. The molecular weight excluding hydrogens is 390 g/mol. The van der Waals surface area contributed by atoms with Gasteiger partial charge in [0.25, 0.3) is 0 Å². The van der Waals surface area contributed by atoms with Crippen LogP contribution in [-0.4, -0.2) is 35.4 Å². The predicted octanol–water partition coefficient (Wildman–Crippen LogP) is 4.83. The normalized spacial score (nSPS) is 17.1. The first kappa shape index (κ1) is 19.6. The average molecular weight is 415 g/mol. The van der Waals surface area contributed by atoms with Crippen LogP contribution in [0, 0.1) is 0 Å². The van der Waals surface area contributed by atoms with E-state index in [1.165, 1.54) is 0 Å². The highest BCUT2D eigenvalue weighted by Gasteiger charge is 2.28. The number of hydrogen-bond acceptors (Lipinski definition) is 5. The first-order valence-corrected chi connectivity index (χ1v) is 10.7. The van der Waals surface area contributed by atoms with E-state index in [0.717, 1.165) is 54.4 Å². The van der Waals surface area contributed by atoms with Gasteiger partial charge in [-0.05, 0) is 55.8 Å². The maximum Gasteiger partial charge on any atom is 0.241 e. The number of anilines is 1. The number of fused-ring (bicyclic) bond motifs is 1. The summed E-state index contributed by atoms with van der Waals surface area (Å²) in [4.78, 5) is 22.0. The lowest BCUT2D eigenvalue weighted by Crippen LogP contribution is -2.43. The molecule has 0 saturated carbocycles. The number of aromatic nitrogens is 1. The summed E-state index contributed by atoms with van der Waals surface area (Å²) in [5.41, 5.74) is 2.58. The summed E-state index contributed by atoms with van der Waals surface area (Å²) in [6.07, 6.45) is 3.67. The molecule has 3 heterocycles. The van der Waals surface area contributed by atoms with E-state index in [1.54, 1.807) is 11.2 Å². The number of rotatable bonds is 6. The van der Waals surface area contributed by atoms with E-state index in [-0.39, 0.29) is 11.8 Å². The average Bonchev–Trinajstić information content (AvgIpc) is 3.48. The van der Waals surface area contributed by atoms with Crippen molar-refractivity contribution < 1.29 is 13.6 Å². The molecule has 31 heavy (non-hydrogen) atoms. The van der Waals surface area contributed by atoms with Gasteiger partial charge in [0.2, 0.25) is 5.91 Å². The van der Waals surface area contributed by atoms with Crippen molar-refractivity contribution in [2.75, 3.05) is 24.5 Å². The number of furan rings is 1. The van der Waals surface area contributed by atoms with E-state index in [9.17, 15) is 4.79 Å². The second-order valence-electron chi connectivity index (χ2n) is 7.99. The fourth-order valence-electron chi connectivity index (χ4n) is 4.23. The zero-order chi connectivity index (χ0) is 21.0. The molecule has 2 aromatic carbocycles. The molecule has 0 N–H and O–H groups in total. The van der Waals surface area contributed by atoms with E-state index in [0.29, 0.717) is 13.1 Å². The third kappa shape index (κ3) is 4.39. The third-order valence-corrected chi connectivity index (χ3v) is 5.79. The fourth-order valence-corrected chi connectivity index (χ4v) is 4.23. The third-order valence-electron chi connectivity index (χ3n) is 5.79. The van der Waals surface area contributed by atoms with Crippen LogP contribution >= 0.6 is 0 Å². The SMILES string of the molecule is O=C(CN1CCCC(c2nc3ccccc3o2)C1)N(Cc1ccco1)c1ccccc1. The maximum absolute atomic E-state index is 13.3. The van der Waals surface area contributed by atoms with Crippen molar-refractivity contribution >= 4 is 22.7 Å². The number of amides is 1. The zero-order valence-corrected chi connectivity index (χ0v) is 17.3. The van der Waals surface area contributed by atoms with Crippen LogP contribution < -0.4 is 4.90 Å². The first-order chi connectivity index (χ1) is 15.3. The molecule has 1 unspecified atom stereocenters. The molecule has 2 aromatic heterocycles. The number of oxazole rings is 1. The first-order valence-electron chi connectivity index (χ1n) is 10.7. The second kappa shape index (κ2) is 8.78. The monoisotopic (exact) mass is 415 g/mol. The highest BCUT2D eigenvalue weighted by molar-refractivity contribution is 5.94. The fraction of sp³-hybridized carbons (Fsp3) is 0.280. The molecule has 158 valence electrons. The van der Waals surface area contributed by atoms with Gasteiger partial charge in [-0.2, -0.15) is 0 Å². The van der Waals surface area contributed by atoms with Crippen molar-refractivity contribution in [1.29, 1.82) is 0 Å². The van der Waals surface area contributed by atoms with Gasteiger partial charge in [-0.3, -0.25) is 9.69 Å². The lowest BCUT2D eigenvalue weighted by atomic mass is 9.98. The quantitative estimate of drug-likeness (QED) is 0.451. The molecule has 0 aliphatic carbocycles. The Morgan fingerprint density at radius 2 is 1.90 bits per heavy atom. The van der Waals surface area contributed by atoms with Crippen LogP contribution in [0.3, 0.4) is 0 Å². The Hall–Kier alpha value is -3.38. The molecule has 1 atom stereocenters. The van der Waals surface area contributed by atoms with Gasteiger partial charge in [0.1, 0.15) is 11.3 Å². The van der Waals surface area contributed by atoms with Crippen molar-refractivity contribution in [3.63, 3.8) is 0 Å². The van der Waals surface area contributed by atoms with Crippen LogP contribution in [0.15, 0.2) is 81.8 Å². The lowest BCUT2D eigenvalue weighted by molar-refractivity contribution is -0.120. The number of hydrogen-bond donors (Lipinski definition) is 0. The van der Waals surface area contributed by atoms with Gasteiger partial charge in [0.05, 0.1) is 19.4 Å². The molecule has 6 heteroatoms. The Balaban J connectivity index is 1.30. The molecule has 5 rings (SSSR count). The highest BCUT2D eigenvalue weighted by Crippen LogP contribution is 2.29. The number of carbonyl (C=O) groups is 1. The second-order valence-corrected chi connectivity index (χ2v) is 7.99. The number of para-hydroxylation sites is 3. The van der Waals surface area contributed by atoms with Gasteiger partial charge in [-0.1, -0.05) is 30.3 Å². The maximum atomic E-state index is 13.3. The molecule has 1 saturated heterocycles. The van der Waals surface area contributed by atoms with Crippen LogP contribution in [0.2, 0.25) is 0 Å². The largest absolute Gasteiger partial charge is 0.467 e. The van der Waals surface area contributed by atoms with Crippen LogP contribution in [0.4, 0.5) is 5.69 Å². The Morgan fingerprint density at radius 1 is 1.06 bits per heavy atom. The summed E-state index contributed by atoms with van der Waals surface area (Å²) in [6, 6.07) is 21.3. The zero-order valence-electron chi connectivity index (χ0n) is 17.3. The Bertz CT molecular complexity index is 1100. The Labute approximate surface area is 181 Å². The predicted molar refractivity (Wildman–Crippen MR) is 119 cm³/mol. The van der Waals surface area contributed by atoms with Crippen LogP contribution in [-0.2, 0) is 11.3 Å². The number of likely N-dealkylation sites (tertiary alicyclic amines) is 1. The van der Waals surface area contributed by atoms with E-state index in [4.69, 9.17) is 8.83 Å². The van der Waals surface area contributed by atoms with E-state index >= 15 is 0 Å². The minimum absolute atomic E-state index is 0.0563. The van der Waals surface area contributed by atoms with Gasteiger partial charge in [0.15, 0.2) is 11.5 Å². The minimum atomic E-state index is 0.0563. The van der Waals surface area contributed by atoms with Gasteiger partial charge < -0.3 is 13.7 Å². The van der Waals surface area contributed by atoms with Crippen molar-refractivity contribution in [3.8, 4) is 0 Å². The van der Waals surface area contributed by atoms with E-state index < -0.39 is 0 Å². The smallest absolute Gasteiger partial charge is 0.241 e.